The van der Waals surface area contributed by atoms with Crippen molar-refractivity contribution in [3.8, 4) is 5.82 Å². The van der Waals surface area contributed by atoms with Crippen molar-refractivity contribution in [2.75, 3.05) is 26.2 Å². The average Bonchev–Trinajstić information content (AvgIpc) is 3.22. The average molecular weight is 359 g/mol. The second-order valence-corrected chi connectivity index (χ2v) is 7.08. The van der Waals surface area contributed by atoms with Crippen LogP contribution in [0.5, 0.6) is 0 Å². The van der Waals surface area contributed by atoms with Crippen LogP contribution in [0.3, 0.4) is 0 Å². The van der Waals surface area contributed by atoms with Crippen LogP contribution in [0.1, 0.15) is 37.0 Å². The van der Waals surface area contributed by atoms with Crippen LogP contribution in [0, 0.1) is 0 Å². The molecule has 1 amide bonds. The number of amides is 1. The van der Waals surface area contributed by atoms with E-state index in [-0.39, 0.29) is 5.91 Å². The molecule has 2 atom stereocenters. The number of aromatic nitrogens is 3. The number of unbranched alkanes of at least 4 members (excludes halogenated alkanes) is 1. The Bertz CT molecular complexity index is 700. The van der Waals surface area contributed by atoms with Crippen LogP contribution in [-0.4, -0.2) is 63.5 Å². The second-order valence-electron chi connectivity index (χ2n) is 7.08. The first-order chi connectivity index (χ1) is 12.5. The van der Waals surface area contributed by atoms with Crippen molar-refractivity contribution >= 4 is 5.91 Å². The molecular formula is C19H29N5O2. The van der Waals surface area contributed by atoms with Crippen LogP contribution in [0.4, 0.5) is 0 Å². The highest BCUT2D eigenvalue weighted by molar-refractivity contribution is 5.97. The van der Waals surface area contributed by atoms with Crippen LogP contribution in [0.25, 0.3) is 5.82 Å². The number of nitrogens with one attached hydrogen (secondary N) is 1. The zero-order valence-electron chi connectivity index (χ0n) is 15.9. The summed E-state index contributed by atoms with van der Waals surface area (Å²) in [5.74, 6) is 0.708. The molecular weight excluding hydrogens is 330 g/mol. The monoisotopic (exact) mass is 359 g/mol. The van der Waals surface area contributed by atoms with Gasteiger partial charge in [0.15, 0.2) is 0 Å². The zero-order chi connectivity index (χ0) is 18.5. The highest BCUT2D eigenvalue weighted by Gasteiger charge is 2.21. The Morgan fingerprint density at radius 3 is 2.62 bits per heavy atom. The highest BCUT2D eigenvalue weighted by Crippen LogP contribution is 2.14. The molecule has 7 heteroatoms. The van der Waals surface area contributed by atoms with Gasteiger partial charge >= 0.3 is 0 Å². The predicted molar refractivity (Wildman–Crippen MR) is 101 cm³/mol. The third kappa shape index (κ3) is 4.53. The van der Waals surface area contributed by atoms with Crippen molar-refractivity contribution in [3.05, 3.63) is 36.3 Å². The summed E-state index contributed by atoms with van der Waals surface area (Å²) in [5, 5.41) is 7.25. The minimum absolute atomic E-state index is 0.0737. The highest BCUT2D eigenvalue weighted by atomic mass is 16.5. The minimum atomic E-state index is -0.0737. The Balaban J connectivity index is 1.44. The smallest absolute Gasteiger partial charge is 0.256 e. The third-order valence-electron chi connectivity index (χ3n) is 4.68. The molecule has 0 spiro atoms. The summed E-state index contributed by atoms with van der Waals surface area (Å²) in [5.41, 5.74) is 0.597. The Kier molecular flexibility index (Phi) is 6.11. The molecule has 1 saturated heterocycles. The van der Waals surface area contributed by atoms with Gasteiger partial charge in [0, 0.05) is 39.1 Å². The second kappa shape index (κ2) is 8.51. The van der Waals surface area contributed by atoms with Gasteiger partial charge in [-0.2, -0.15) is 5.10 Å². The Morgan fingerprint density at radius 2 is 1.92 bits per heavy atom. The molecule has 3 rings (SSSR count). The summed E-state index contributed by atoms with van der Waals surface area (Å²) >= 11 is 0. The molecule has 0 radical (unpaired) electrons. The normalized spacial score (nSPS) is 21.0. The maximum atomic E-state index is 12.5. The van der Waals surface area contributed by atoms with E-state index in [1.807, 2.05) is 36.1 Å². The van der Waals surface area contributed by atoms with Crippen LogP contribution in [0.15, 0.2) is 30.7 Å². The van der Waals surface area contributed by atoms with Crippen LogP contribution < -0.4 is 5.32 Å². The Hall–Kier alpha value is -2.12. The number of carbonyl (C=O) groups excluding carboxylic acids is 1. The van der Waals surface area contributed by atoms with E-state index >= 15 is 0 Å². The third-order valence-corrected chi connectivity index (χ3v) is 4.68. The van der Waals surface area contributed by atoms with E-state index in [2.05, 4.69) is 29.2 Å². The topological polar surface area (TPSA) is 64.3 Å². The molecule has 1 aliphatic rings. The molecule has 1 fully saturated rings. The quantitative estimate of drug-likeness (QED) is 0.766. The van der Waals surface area contributed by atoms with Gasteiger partial charge in [0.25, 0.3) is 5.91 Å². The first-order valence-electron chi connectivity index (χ1n) is 9.36. The standard InChI is InChI=1S/C19H29N5O2/c1-15-13-23(14-16(2)26-15)9-5-4-8-20-18(25)17-12-21-22(3)19(17)24-10-6-7-11-24/h6-7,10-12,15-16H,4-5,8-9,13-14H2,1-3H3,(H,20,25)/t15-,16+. The number of carbonyl (C=O) groups is 1. The molecule has 0 unspecified atom stereocenters. The predicted octanol–water partition coefficient (Wildman–Crippen LogP) is 1.83. The van der Waals surface area contributed by atoms with Crippen LogP contribution >= 0.6 is 0 Å². The summed E-state index contributed by atoms with van der Waals surface area (Å²) in [6.07, 6.45) is 8.09. The lowest BCUT2D eigenvalue weighted by Gasteiger charge is -2.35. The summed E-state index contributed by atoms with van der Waals surface area (Å²) in [4.78, 5) is 15.0. The van der Waals surface area contributed by atoms with Gasteiger partial charge in [-0.05, 0) is 45.4 Å². The fraction of sp³-hybridized carbons (Fsp3) is 0.579. The number of hydrogen-bond acceptors (Lipinski definition) is 4. The lowest BCUT2D eigenvalue weighted by molar-refractivity contribution is -0.0681. The summed E-state index contributed by atoms with van der Waals surface area (Å²) in [7, 11) is 1.84. The van der Waals surface area contributed by atoms with Crippen molar-refractivity contribution in [3.63, 3.8) is 0 Å². The number of ether oxygens (including phenoxy) is 1. The van der Waals surface area contributed by atoms with Crippen molar-refractivity contribution in [1.82, 2.24) is 24.6 Å². The molecule has 0 aliphatic carbocycles. The number of aryl methyl sites for hydroxylation is 1. The van der Waals surface area contributed by atoms with Gasteiger partial charge in [0.2, 0.25) is 0 Å². The van der Waals surface area contributed by atoms with E-state index in [4.69, 9.17) is 4.74 Å². The fourth-order valence-corrected chi connectivity index (χ4v) is 3.60. The maximum absolute atomic E-state index is 12.5. The van der Waals surface area contributed by atoms with E-state index < -0.39 is 0 Å². The maximum Gasteiger partial charge on any atom is 0.256 e. The van der Waals surface area contributed by atoms with Crippen LogP contribution in [0.2, 0.25) is 0 Å². The van der Waals surface area contributed by atoms with Gasteiger partial charge in [-0.15, -0.1) is 0 Å². The Labute approximate surface area is 154 Å². The molecule has 1 N–H and O–H groups in total. The molecule has 7 nitrogen and oxygen atoms in total. The molecule has 0 saturated carbocycles. The minimum Gasteiger partial charge on any atom is -0.373 e. The number of morpholine rings is 1. The van der Waals surface area contributed by atoms with Gasteiger partial charge < -0.3 is 14.6 Å². The summed E-state index contributed by atoms with van der Waals surface area (Å²) < 4.78 is 9.38. The lowest BCUT2D eigenvalue weighted by atomic mass is 10.2. The molecule has 0 bridgehead atoms. The molecule has 3 heterocycles. The first-order valence-corrected chi connectivity index (χ1v) is 9.36. The van der Waals surface area contributed by atoms with E-state index in [0.29, 0.717) is 24.3 Å². The molecule has 142 valence electrons. The molecule has 2 aromatic rings. The molecule has 0 aromatic carbocycles. The Morgan fingerprint density at radius 1 is 1.23 bits per heavy atom. The number of rotatable bonds is 7. The molecule has 2 aromatic heterocycles. The van der Waals surface area contributed by atoms with E-state index in [9.17, 15) is 4.79 Å². The van der Waals surface area contributed by atoms with Crippen molar-refractivity contribution < 1.29 is 9.53 Å². The number of hydrogen-bond donors (Lipinski definition) is 1. The molecule has 26 heavy (non-hydrogen) atoms. The van der Waals surface area contributed by atoms with Gasteiger partial charge in [-0.25, -0.2) is 0 Å². The van der Waals surface area contributed by atoms with E-state index in [1.54, 1.807) is 10.9 Å². The van der Waals surface area contributed by atoms with Gasteiger partial charge in [-0.3, -0.25) is 14.4 Å². The lowest BCUT2D eigenvalue weighted by Crippen LogP contribution is -2.45. The van der Waals surface area contributed by atoms with Crippen molar-refractivity contribution in [2.24, 2.45) is 7.05 Å². The number of nitrogens with zero attached hydrogens (tertiary/aromatic N) is 4. The molecule has 1 aliphatic heterocycles. The fourth-order valence-electron chi connectivity index (χ4n) is 3.60. The zero-order valence-corrected chi connectivity index (χ0v) is 15.9. The van der Waals surface area contributed by atoms with Crippen molar-refractivity contribution in [1.29, 1.82) is 0 Å². The first kappa shape index (κ1) is 18.7. The van der Waals surface area contributed by atoms with Crippen LogP contribution in [-0.2, 0) is 11.8 Å². The van der Waals surface area contributed by atoms with Crippen molar-refractivity contribution in [2.45, 2.75) is 38.9 Å². The largest absolute Gasteiger partial charge is 0.373 e. The van der Waals surface area contributed by atoms with Gasteiger partial charge in [0.1, 0.15) is 11.4 Å². The summed E-state index contributed by atoms with van der Waals surface area (Å²) in [6.45, 7) is 7.96. The van der Waals surface area contributed by atoms with E-state index in [1.165, 1.54) is 0 Å². The van der Waals surface area contributed by atoms with E-state index in [0.717, 1.165) is 38.3 Å². The SMILES string of the molecule is C[C@@H]1CN(CCCCNC(=O)c2cnn(C)c2-n2cccc2)C[C@H](C)O1. The van der Waals surface area contributed by atoms with Gasteiger partial charge in [-0.1, -0.05) is 0 Å². The van der Waals surface area contributed by atoms with Gasteiger partial charge in [0.05, 0.1) is 18.4 Å². The summed E-state index contributed by atoms with van der Waals surface area (Å²) in [6, 6.07) is 3.87.